The number of carbonyl (C=O) groups excluding carboxylic acids is 1. The molecular weight excluding hydrogens is 285 g/mol. The van der Waals surface area contributed by atoms with E-state index in [1.165, 1.54) is 18.5 Å². The number of aromatic nitrogens is 2. The Hall–Kier alpha value is -2.19. The zero-order valence-electron chi connectivity index (χ0n) is 10.3. The minimum atomic E-state index is -2.66. The molecule has 1 aromatic carbocycles. The Kier molecular flexibility index (Phi) is 4.16. The number of nitrogens with zero attached hydrogens (tertiary/aromatic N) is 2. The Morgan fingerprint density at radius 2 is 2.00 bits per heavy atom. The standard InChI is InChI=1S/C12H10FN3O3S/c1-7-14-5-8(6-15-7)12(17)16-10-3-2-9(13)4-11(10)20(18)19/h2-6H,1H3,(H,16,17)(H,18,19)/p-1. The van der Waals surface area contributed by atoms with Crippen molar-refractivity contribution in [3.05, 3.63) is 47.8 Å². The molecule has 0 bridgehead atoms. The van der Waals surface area contributed by atoms with Gasteiger partial charge in [-0.2, -0.15) is 0 Å². The number of aryl methyl sites for hydroxylation is 1. The highest BCUT2D eigenvalue weighted by molar-refractivity contribution is 7.79. The molecule has 0 aliphatic carbocycles. The molecule has 0 saturated heterocycles. The van der Waals surface area contributed by atoms with Crippen LogP contribution in [0.15, 0.2) is 35.5 Å². The van der Waals surface area contributed by atoms with Gasteiger partial charge in [-0.15, -0.1) is 0 Å². The molecule has 1 amide bonds. The first kappa shape index (κ1) is 14.2. The first-order valence-corrected chi connectivity index (χ1v) is 6.53. The molecule has 20 heavy (non-hydrogen) atoms. The van der Waals surface area contributed by atoms with E-state index in [2.05, 4.69) is 15.3 Å². The van der Waals surface area contributed by atoms with E-state index in [9.17, 15) is 17.9 Å². The largest absolute Gasteiger partial charge is 0.768 e. The summed E-state index contributed by atoms with van der Waals surface area (Å²) < 4.78 is 35.0. The van der Waals surface area contributed by atoms with E-state index in [0.29, 0.717) is 5.82 Å². The van der Waals surface area contributed by atoms with Gasteiger partial charge in [0.15, 0.2) is 0 Å². The molecule has 0 radical (unpaired) electrons. The minimum Gasteiger partial charge on any atom is -0.768 e. The van der Waals surface area contributed by atoms with Crippen molar-refractivity contribution in [3.8, 4) is 0 Å². The Bertz CT molecular complexity index is 676. The molecule has 0 spiro atoms. The highest BCUT2D eigenvalue weighted by atomic mass is 32.2. The number of rotatable bonds is 3. The van der Waals surface area contributed by atoms with Crippen molar-refractivity contribution in [1.29, 1.82) is 0 Å². The maximum atomic E-state index is 13.0. The molecule has 1 atom stereocenters. The van der Waals surface area contributed by atoms with Gasteiger partial charge in [-0.1, -0.05) is 0 Å². The second-order valence-electron chi connectivity index (χ2n) is 3.85. The van der Waals surface area contributed by atoms with Crippen LogP contribution in [0, 0.1) is 12.7 Å². The van der Waals surface area contributed by atoms with Crippen molar-refractivity contribution in [2.24, 2.45) is 0 Å². The van der Waals surface area contributed by atoms with Gasteiger partial charge in [0.1, 0.15) is 11.6 Å². The maximum Gasteiger partial charge on any atom is 0.258 e. The third-order valence-electron chi connectivity index (χ3n) is 2.41. The van der Waals surface area contributed by atoms with Crippen LogP contribution in [0.2, 0.25) is 0 Å². The molecule has 1 unspecified atom stereocenters. The lowest BCUT2D eigenvalue weighted by Gasteiger charge is -2.13. The van der Waals surface area contributed by atoms with Crippen molar-refractivity contribution in [2.75, 3.05) is 5.32 Å². The van der Waals surface area contributed by atoms with Crippen LogP contribution >= 0.6 is 0 Å². The SMILES string of the molecule is Cc1ncc(C(=O)Nc2ccc(F)cc2S(=O)[O-])cn1. The third kappa shape index (κ3) is 3.22. The second kappa shape index (κ2) is 5.85. The van der Waals surface area contributed by atoms with Gasteiger partial charge in [-0.3, -0.25) is 9.00 Å². The number of hydrogen-bond acceptors (Lipinski definition) is 5. The van der Waals surface area contributed by atoms with E-state index in [1.54, 1.807) is 6.92 Å². The van der Waals surface area contributed by atoms with Gasteiger partial charge < -0.3 is 9.87 Å². The van der Waals surface area contributed by atoms with E-state index >= 15 is 0 Å². The zero-order valence-corrected chi connectivity index (χ0v) is 11.1. The van der Waals surface area contributed by atoms with Gasteiger partial charge in [0.05, 0.1) is 16.1 Å². The summed E-state index contributed by atoms with van der Waals surface area (Å²) in [5, 5.41) is 2.38. The fourth-order valence-electron chi connectivity index (χ4n) is 1.44. The van der Waals surface area contributed by atoms with Crippen LogP contribution in [0.3, 0.4) is 0 Å². The monoisotopic (exact) mass is 294 g/mol. The quantitative estimate of drug-likeness (QED) is 0.864. The minimum absolute atomic E-state index is 0.00897. The van der Waals surface area contributed by atoms with Gasteiger partial charge in [0, 0.05) is 12.4 Å². The Balaban J connectivity index is 2.28. The molecular formula is C12H9FN3O3S-. The summed E-state index contributed by atoms with van der Waals surface area (Å²) in [6, 6.07) is 3.05. The van der Waals surface area contributed by atoms with Crippen LogP contribution in [-0.2, 0) is 11.1 Å². The lowest BCUT2D eigenvalue weighted by molar-refractivity contribution is 0.102. The smallest absolute Gasteiger partial charge is 0.258 e. The summed E-state index contributed by atoms with van der Waals surface area (Å²) in [7, 11) is 0. The number of hydrogen-bond donors (Lipinski definition) is 1. The summed E-state index contributed by atoms with van der Waals surface area (Å²) in [4.78, 5) is 19.3. The summed E-state index contributed by atoms with van der Waals surface area (Å²) >= 11 is -2.66. The summed E-state index contributed by atoms with van der Waals surface area (Å²) in [5.74, 6) is -0.783. The van der Waals surface area contributed by atoms with Gasteiger partial charge >= 0.3 is 0 Å². The van der Waals surface area contributed by atoms with Crippen LogP contribution in [0.4, 0.5) is 10.1 Å². The van der Waals surface area contributed by atoms with E-state index in [1.807, 2.05) is 0 Å². The fraction of sp³-hybridized carbons (Fsp3) is 0.0833. The molecule has 104 valence electrons. The maximum absolute atomic E-state index is 13.0. The van der Waals surface area contributed by atoms with Gasteiger partial charge in [-0.25, -0.2) is 14.4 Å². The van der Waals surface area contributed by atoms with Crippen LogP contribution < -0.4 is 5.32 Å². The lowest BCUT2D eigenvalue weighted by atomic mass is 10.2. The number of benzene rings is 1. The molecule has 1 heterocycles. The van der Waals surface area contributed by atoms with Gasteiger partial charge in [-0.05, 0) is 36.2 Å². The van der Waals surface area contributed by atoms with Gasteiger partial charge in [0.25, 0.3) is 5.91 Å². The molecule has 6 nitrogen and oxygen atoms in total. The number of nitrogens with one attached hydrogen (secondary N) is 1. The molecule has 0 aliphatic heterocycles. The normalized spacial score (nSPS) is 11.9. The topological polar surface area (TPSA) is 95.0 Å². The summed E-state index contributed by atoms with van der Waals surface area (Å²) in [6.45, 7) is 1.67. The van der Waals surface area contributed by atoms with Crippen molar-refractivity contribution in [3.63, 3.8) is 0 Å². The van der Waals surface area contributed by atoms with Crippen LogP contribution in [0.1, 0.15) is 16.2 Å². The fourth-order valence-corrected chi connectivity index (χ4v) is 1.95. The van der Waals surface area contributed by atoms with E-state index in [0.717, 1.165) is 12.1 Å². The van der Waals surface area contributed by atoms with Gasteiger partial charge in [0.2, 0.25) is 0 Å². The third-order valence-corrected chi connectivity index (χ3v) is 3.11. The Morgan fingerprint density at radius 3 is 2.60 bits per heavy atom. The second-order valence-corrected chi connectivity index (χ2v) is 4.76. The summed E-state index contributed by atoms with van der Waals surface area (Å²) in [5.41, 5.74) is 0.160. The van der Waals surface area contributed by atoms with E-state index in [-0.39, 0.29) is 16.1 Å². The Morgan fingerprint density at radius 1 is 1.35 bits per heavy atom. The average Bonchev–Trinajstić information content (AvgIpc) is 2.41. The number of carbonyl (C=O) groups is 1. The van der Waals surface area contributed by atoms with Crippen LogP contribution in [0.25, 0.3) is 0 Å². The molecule has 0 aliphatic rings. The number of anilines is 1. The van der Waals surface area contributed by atoms with E-state index in [4.69, 9.17) is 0 Å². The van der Waals surface area contributed by atoms with E-state index < -0.39 is 22.8 Å². The number of amides is 1. The Labute approximate surface area is 116 Å². The van der Waals surface area contributed by atoms with Crippen molar-refractivity contribution >= 4 is 22.7 Å². The highest BCUT2D eigenvalue weighted by Crippen LogP contribution is 2.20. The predicted octanol–water partition coefficient (Wildman–Crippen LogP) is 1.41. The molecule has 2 aromatic rings. The van der Waals surface area contributed by atoms with Crippen LogP contribution in [0.5, 0.6) is 0 Å². The molecule has 1 N–H and O–H groups in total. The highest BCUT2D eigenvalue weighted by Gasteiger charge is 2.11. The lowest BCUT2D eigenvalue weighted by Crippen LogP contribution is -2.14. The van der Waals surface area contributed by atoms with Crippen molar-refractivity contribution in [1.82, 2.24) is 9.97 Å². The van der Waals surface area contributed by atoms with Crippen molar-refractivity contribution in [2.45, 2.75) is 11.8 Å². The zero-order chi connectivity index (χ0) is 14.7. The molecule has 8 heteroatoms. The van der Waals surface area contributed by atoms with Crippen LogP contribution in [-0.4, -0.2) is 24.6 Å². The molecule has 2 rings (SSSR count). The summed E-state index contributed by atoms with van der Waals surface area (Å²) in [6.07, 6.45) is 2.63. The average molecular weight is 294 g/mol. The van der Waals surface area contributed by atoms with Crippen molar-refractivity contribution < 1.29 is 17.9 Å². The molecule has 0 saturated carbocycles. The number of halogens is 1. The molecule has 1 aromatic heterocycles. The molecule has 0 fully saturated rings. The predicted molar refractivity (Wildman–Crippen MR) is 68.3 cm³/mol. The first-order valence-electron chi connectivity index (χ1n) is 5.46. The first-order chi connectivity index (χ1) is 9.47.